The van der Waals surface area contributed by atoms with E-state index in [2.05, 4.69) is 46.1 Å². The summed E-state index contributed by atoms with van der Waals surface area (Å²) < 4.78 is 19.2. The molecule has 3 aliphatic heterocycles. The Morgan fingerprint density at radius 1 is 0.905 bits per heavy atom. The van der Waals surface area contributed by atoms with E-state index in [1.165, 1.54) is 6.42 Å². The largest absolute Gasteiger partial charge is 0.487 e. The molecule has 5 heterocycles. The maximum absolute atomic E-state index is 7.27. The fraction of sp³-hybridized carbons (Fsp3) is 0.531. The number of aryl methyl sites for hydroxylation is 1. The lowest BCUT2D eigenvalue weighted by Crippen LogP contribution is -2.36. The number of nitrogens with one attached hydrogen (secondary N) is 1. The first-order valence-corrected chi connectivity index (χ1v) is 15.7. The number of H-pyrrole nitrogens is 1. The number of likely N-dealkylation sites (tertiary alicyclic amines) is 1. The van der Waals surface area contributed by atoms with E-state index in [-0.39, 0.29) is 12.2 Å². The Morgan fingerprint density at radius 3 is 2.45 bits per heavy atom. The van der Waals surface area contributed by atoms with E-state index in [0.717, 1.165) is 109 Å². The van der Waals surface area contributed by atoms with E-state index in [4.69, 9.17) is 35.8 Å². The summed E-state index contributed by atoms with van der Waals surface area (Å²) in [5.41, 5.74) is 4.64. The van der Waals surface area contributed by atoms with E-state index >= 15 is 0 Å². The summed E-state index contributed by atoms with van der Waals surface area (Å²) in [4.78, 5) is 14.9. The number of rotatable bonds is 6. The molecular formula is C32H39ClN6O3. The topological polar surface area (TPSA) is 88.6 Å². The number of anilines is 1. The molecular weight excluding hydrogens is 552 g/mol. The molecule has 7 rings (SSSR count). The van der Waals surface area contributed by atoms with Crippen molar-refractivity contribution in [1.82, 2.24) is 25.1 Å². The summed E-state index contributed by atoms with van der Waals surface area (Å²) >= 11 is 7.27. The lowest BCUT2D eigenvalue weighted by atomic mass is 9.94. The van der Waals surface area contributed by atoms with Crippen LogP contribution in [0, 0.1) is 6.92 Å². The summed E-state index contributed by atoms with van der Waals surface area (Å²) in [6.07, 6.45) is 8.98. The van der Waals surface area contributed by atoms with Crippen LogP contribution in [0.5, 0.6) is 11.8 Å². The van der Waals surface area contributed by atoms with E-state index in [0.29, 0.717) is 30.0 Å². The van der Waals surface area contributed by atoms with Gasteiger partial charge in [-0.1, -0.05) is 17.7 Å². The molecule has 0 radical (unpaired) electrons. The Kier molecular flexibility index (Phi) is 7.82. The monoisotopic (exact) mass is 590 g/mol. The van der Waals surface area contributed by atoms with Crippen LogP contribution in [0.25, 0.3) is 32.9 Å². The summed E-state index contributed by atoms with van der Waals surface area (Å²) in [6.45, 7) is 7.35. The van der Waals surface area contributed by atoms with Gasteiger partial charge in [0.05, 0.1) is 29.9 Å². The summed E-state index contributed by atoms with van der Waals surface area (Å²) in [7, 11) is 2.16. The second kappa shape index (κ2) is 11.9. The summed E-state index contributed by atoms with van der Waals surface area (Å²) in [5, 5.41) is 9.98. The van der Waals surface area contributed by atoms with Crippen LogP contribution in [0.2, 0.25) is 5.02 Å². The van der Waals surface area contributed by atoms with Gasteiger partial charge in [0.15, 0.2) is 5.75 Å². The van der Waals surface area contributed by atoms with Crippen LogP contribution >= 0.6 is 11.6 Å². The minimum absolute atomic E-state index is 0.00493. The maximum atomic E-state index is 7.27. The van der Waals surface area contributed by atoms with Crippen molar-refractivity contribution < 1.29 is 14.2 Å². The fourth-order valence-electron chi connectivity index (χ4n) is 6.59. The summed E-state index contributed by atoms with van der Waals surface area (Å²) in [5.74, 6) is 1.57. The lowest BCUT2D eigenvalue weighted by Gasteiger charge is -2.31. The molecule has 0 amide bonds. The first-order chi connectivity index (χ1) is 20.5. The van der Waals surface area contributed by atoms with Gasteiger partial charge in [-0.25, -0.2) is 0 Å². The van der Waals surface area contributed by atoms with E-state index in [1.807, 2.05) is 12.3 Å². The average molecular weight is 591 g/mol. The van der Waals surface area contributed by atoms with E-state index in [1.54, 1.807) is 0 Å². The molecule has 0 aliphatic carbocycles. The highest BCUT2D eigenvalue weighted by molar-refractivity contribution is 6.35. The molecule has 222 valence electrons. The smallest absolute Gasteiger partial charge is 0.319 e. The van der Waals surface area contributed by atoms with Crippen LogP contribution in [0.1, 0.15) is 50.5 Å². The van der Waals surface area contributed by atoms with Gasteiger partial charge >= 0.3 is 6.01 Å². The third-order valence-corrected chi connectivity index (χ3v) is 9.28. The van der Waals surface area contributed by atoms with Gasteiger partial charge < -0.3 is 24.0 Å². The first-order valence-electron chi connectivity index (χ1n) is 15.4. The van der Waals surface area contributed by atoms with Gasteiger partial charge in [0, 0.05) is 60.9 Å². The molecule has 0 unspecified atom stereocenters. The minimum atomic E-state index is -0.00493. The van der Waals surface area contributed by atoms with Gasteiger partial charge in [-0.2, -0.15) is 15.1 Å². The van der Waals surface area contributed by atoms with Crippen LogP contribution in [0.3, 0.4) is 0 Å². The standard InChI is InChI=1S/C32H39ClN6O3/c1-20-6-7-26-24(19-34-37-26)27(20)28-25(33)18-23-29(30(28)41-22-10-16-40-17-11-22)35-32(42-21-8-14-38(2)15-9-21)36-31(23)39-12-4-3-5-13-39/h6-7,18-19,21-22H,3-5,8-17H2,1-2H3,(H,34,37). The Balaban J connectivity index is 1.45. The number of benzene rings is 2. The number of nitrogens with zero attached hydrogens (tertiary/aromatic N) is 5. The number of aromatic nitrogens is 4. The van der Waals surface area contributed by atoms with Crippen molar-refractivity contribution in [3.05, 3.63) is 35.0 Å². The van der Waals surface area contributed by atoms with Crippen LogP contribution < -0.4 is 14.4 Å². The first kappa shape index (κ1) is 27.7. The number of aromatic amines is 1. The Morgan fingerprint density at radius 2 is 1.67 bits per heavy atom. The molecule has 0 bridgehead atoms. The second-order valence-electron chi connectivity index (χ2n) is 12.0. The zero-order chi connectivity index (χ0) is 28.6. The van der Waals surface area contributed by atoms with Gasteiger partial charge in [0.25, 0.3) is 0 Å². The highest BCUT2D eigenvalue weighted by Crippen LogP contribution is 2.48. The van der Waals surface area contributed by atoms with Crippen molar-refractivity contribution in [2.45, 2.75) is 64.1 Å². The number of ether oxygens (including phenoxy) is 3. The molecule has 0 atom stereocenters. The van der Waals surface area contributed by atoms with Crippen molar-refractivity contribution in [2.24, 2.45) is 0 Å². The zero-order valence-electron chi connectivity index (χ0n) is 24.5. The van der Waals surface area contributed by atoms with Gasteiger partial charge in [0.2, 0.25) is 0 Å². The molecule has 0 spiro atoms. The van der Waals surface area contributed by atoms with Crippen molar-refractivity contribution in [3.8, 4) is 22.9 Å². The third-order valence-electron chi connectivity index (χ3n) is 8.99. The Labute approximate surface area is 251 Å². The van der Waals surface area contributed by atoms with Crippen LogP contribution in [0.15, 0.2) is 24.4 Å². The SMILES string of the molecule is Cc1ccc2[nH]ncc2c1-c1c(Cl)cc2c(N3CCCCC3)nc(OC3CCN(C)CC3)nc2c1OC1CCOCC1. The number of hydrogen-bond donors (Lipinski definition) is 1. The molecule has 42 heavy (non-hydrogen) atoms. The van der Waals surface area contributed by atoms with E-state index in [9.17, 15) is 0 Å². The molecule has 3 saturated heterocycles. The number of halogens is 1. The maximum Gasteiger partial charge on any atom is 0.319 e. The van der Waals surface area contributed by atoms with Crippen molar-refractivity contribution in [3.63, 3.8) is 0 Å². The Bertz CT molecular complexity index is 1570. The minimum Gasteiger partial charge on any atom is -0.487 e. The fourth-order valence-corrected chi connectivity index (χ4v) is 6.88. The third kappa shape index (κ3) is 5.38. The van der Waals surface area contributed by atoms with E-state index < -0.39 is 0 Å². The number of fused-ring (bicyclic) bond motifs is 2. The van der Waals surface area contributed by atoms with Gasteiger partial charge in [-0.15, -0.1) is 0 Å². The lowest BCUT2D eigenvalue weighted by molar-refractivity contribution is 0.0263. The number of hydrogen-bond acceptors (Lipinski definition) is 8. The normalized spacial score (nSPS) is 19.5. The molecule has 9 nitrogen and oxygen atoms in total. The Hall–Kier alpha value is -3.14. The predicted molar refractivity (Wildman–Crippen MR) is 166 cm³/mol. The zero-order valence-corrected chi connectivity index (χ0v) is 25.3. The average Bonchev–Trinajstić information content (AvgIpc) is 3.49. The number of piperidine rings is 2. The van der Waals surface area contributed by atoms with Crippen molar-refractivity contribution in [1.29, 1.82) is 0 Å². The molecule has 10 heteroatoms. The highest BCUT2D eigenvalue weighted by atomic mass is 35.5. The van der Waals surface area contributed by atoms with Crippen molar-refractivity contribution in [2.75, 3.05) is 51.3 Å². The molecule has 2 aromatic carbocycles. The molecule has 3 aliphatic rings. The van der Waals surface area contributed by atoms with Crippen molar-refractivity contribution >= 4 is 39.2 Å². The molecule has 2 aromatic heterocycles. The van der Waals surface area contributed by atoms with Crippen LogP contribution in [0.4, 0.5) is 5.82 Å². The molecule has 1 N–H and O–H groups in total. The quantitative estimate of drug-likeness (QED) is 0.286. The molecule has 3 fully saturated rings. The summed E-state index contributed by atoms with van der Waals surface area (Å²) in [6, 6.07) is 6.60. The molecule has 4 aromatic rings. The van der Waals surface area contributed by atoms with Gasteiger partial charge in [-0.05, 0) is 63.8 Å². The van der Waals surface area contributed by atoms with Crippen LogP contribution in [-0.2, 0) is 4.74 Å². The predicted octanol–water partition coefficient (Wildman–Crippen LogP) is 6.16. The second-order valence-corrected chi connectivity index (χ2v) is 12.4. The highest BCUT2D eigenvalue weighted by Gasteiger charge is 2.29. The van der Waals surface area contributed by atoms with Gasteiger partial charge in [0.1, 0.15) is 23.5 Å². The van der Waals surface area contributed by atoms with Crippen LogP contribution in [-0.4, -0.2) is 83.7 Å². The van der Waals surface area contributed by atoms with Gasteiger partial charge in [-0.3, -0.25) is 5.10 Å². The molecule has 0 saturated carbocycles.